The molecule has 21 heavy (non-hydrogen) atoms. The van der Waals surface area contributed by atoms with E-state index in [0.717, 1.165) is 11.5 Å². The highest BCUT2D eigenvalue weighted by Crippen LogP contribution is 2.27. The van der Waals surface area contributed by atoms with Gasteiger partial charge in [0.2, 0.25) is 0 Å². The van der Waals surface area contributed by atoms with Crippen LogP contribution in [0.15, 0.2) is 29.3 Å². The van der Waals surface area contributed by atoms with Gasteiger partial charge in [-0.15, -0.1) is 5.10 Å². The average Bonchev–Trinajstić information content (AvgIpc) is 2.97. The number of amides is 1. The lowest BCUT2D eigenvalue weighted by Gasteiger charge is -2.09. The third-order valence-electron chi connectivity index (χ3n) is 2.53. The zero-order valence-electron chi connectivity index (χ0n) is 10.7. The summed E-state index contributed by atoms with van der Waals surface area (Å²) in [6.07, 6.45) is 1.35. The summed E-state index contributed by atoms with van der Waals surface area (Å²) in [7, 11) is 2.76. The second kappa shape index (κ2) is 6.37. The smallest absolute Gasteiger partial charge is 0.264 e. The van der Waals surface area contributed by atoms with E-state index in [1.807, 2.05) is 0 Å². The van der Waals surface area contributed by atoms with E-state index in [9.17, 15) is 13.2 Å². The van der Waals surface area contributed by atoms with Crippen LogP contribution in [0.2, 0.25) is 0 Å². The van der Waals surface area contributed by atoms with Gasteiger partial charge in [-0.25, -0.2) is 8.42 Å². The first-order valence-corrected chi connectivity index (χ1v) is 8.67. The SMILES string of the molecule is COc1ccc(CNC(=O)c2cnns2)cc1S(=O)(=O)Cl. The number of benzene rings is 1. The molecule has 1 amide bonds. The summed E-state index contributed by atoms with van der Waals surface area (Å²) in [5, 5.41) is 6.19. The van der Waals surface area contributed by atoms with Crippen molar-refractivity contribution in [1.29, 1.82) is 0 Å². The topological polar surface area (TPSA) is 98.2 Å². The van der Waals surface area contributed by atoms with Gasteiger partial charge < -0.3 is 10.1 Å². The molecule has 0 aliphatic carbocycles. The van der Waals surface area contributed by atoms with Gasteiger partial charge in [-0.05, 0) is 29.2 Å². The number of methoxy groups -OCH3 is 1. The molecule has 0 unspecified atom stereocenters. The third kappa shape index (κ3) is 3.90. The molecule has 0 spiro atoms. The lowest BCUT2D eigenvalue weighted by molar-refractivity contribution is 0.0954. The van der Waals surface area contributed by atoms with Gasteiger partial charge in [0.1, 0.15) is 15.5 Å². The summed E-state index contributed by atoms with van der Waals surface area (Å²) in [4.78, 5) is 12.0. The second-order valence-corrected chi connectivity index (χ2v) is 7.21. The first-order valence-electron chi connectivity index (χ1n) is 5.59. The van der Waals surface area contributed by atoms with Gasteiger partial charge >= 0.3 is 0 Å². The molecule has 1 aromatic heterocycles. The molecule has 0 aliphatic heterocycles. The van der Waals surface area contributed by atoms with E-state index in [1.165, 1.54) is 25.4 Å². The first-order chi connectivity index (χ1) is 9.91. The number of hydrogen-bond donors (Lipinski definition) is 1. The molecule has 0 fully saturated rings. The molecule has 0 saturated carbocycles. The van der Waals surface area contributed by atoms with Crippen molar-refractivity contribution in [2.45, 2.75) is 11.4 Å². The van der Waals surface area contributed by atoms with E-state index in [0.29, 0.717) is 10.4 Å². The van der Waals surface area contributed by atoms with E-state index >= 15 is 0 Å². The largest absolute Gasteiger partial charge is 0.495 e. The Morgan fingerprint density at radius 1 is 1.48 bits per heavy atom. The fraction of sp³-hybridized carbons (Fsp3) is 0.182. The summed E-state index contributed by atoms with van der Waals surface area (Å²) >= 11 is 0.969. The molecule has 0 atom stereocenters. The maximum atomic E-state index is 11.7. The Morgan fingerprint density at radius 2 is 2.24 bits per heavy atom. The number of nitrogens with one attached hydrogen (secondary N) is 1. The van der Waals surface area contributed by atoms with Gasteiger partial charge in [0.05, 0.1) is 13.3 Å². The van der Waals surface area contributed by atoms with Crippen LogP contribution in [0.1, 0.15) is 15.2 Å². The van der Waals surface area contributed by atoms with Crippen LogP contribution >= 0.6 is 22.2 Å². The van der Waals surface area contributed by atoms with Gasteiger partial charge in [-0.3, -0.25) is 4.79 Å². The number of rotatable bonds is 5. The summed E-state index contributed by atoms with van der Waals surface area (Å²) in [5.74, 6) is -0.192. The Labute approximate surface area is 129 Å². The van der Waals surface area contributed by atoms with Crippen LogP contribution in [-0.2, 0) is 15.6 Å². The lowest BCUT2D eigenvalue weighted by atomic mass is 10.2. The summed E-state index contributed by atoms with van der Waals surface area (Å²) < 4.78 is 31.5. The highest BCUT2D eigenvalue weighted by molar-refractivity contribution is 8.13. The minimum absolute atomic E-state index is 0.139. The minimum Gasteiger partial charge on any atom is -0.495 e. The van der Waals surface area contributed by atoms with Gasteiger partial charge in [0.15, 0.2) is 0 Å². The van der Waals surface area contributed by atoms with E-state index < -0.39 is 9.05 Å². The second-order valence-electron chi connectivity index (χ2n) is 3.89. The number of hydrogen-bond acceptors (Lipinski definition) is 7. The predicted molar refractivity (Wildman–Crippen MR) is 77.1 cm³/mol. The highest BCUT2D eigenvalue weighted by atomic mass is 35.7. The minimum atomic E-state index is -3.93. The van der Waals surface area contributed by atoms with Crippen LogP contribution < -0.4 is 10.1 Å². The standard InChI is InChI=1S/C11H10ClN3O4S2/c1-19-8-3-2-7(4-10(8)21(12,17)18)5-13-11(16)9-6-14-15-20-9/h2-4,6H,5H2,1H3,(H,13,16). The van der Waals surface area contributed by atoms with Gasteiger partial charge in [0, 0.05) is 17.2 Å². The van der Waals surface area contributed by atoms with Crippen molar-refractivity contribution >= 4 is 37.2 Å². The maximum Gasteiger partial charge on any atom is 0.264 e. The molecule has 1 aromatic carbocycles. The zero-order chi connectivity index (χ0) is 15.5. The van der Waals surface area contributed by atoms with E-state index in [-0.39, 0.29) is 23.1 Å². The van der Waals surface area contributed by atoms with E-state index in [4.69, 9.17) is 15.4 Å². The van der Waals surface area contributed by atoms with Gasteiger partial charge in [0.25, 0.3) is 15.0 Å². The summed E-state index contributed by atoms with van der Waals surface area (Å²) in [5.41, 5.74) is 0.570. The Hall–Kier alpha value is -1.71. The van der Waals surface area contributed by atoms with Crippen molar-refractivity contribution in [2.24, 2.45) is 0 Å². The van der Waals surface area contributed by atoms with Gasteiger partial charge in [-0.1, -0.05) is 10.6 Å². The molecular weight excluding hydrogens is 338 g/mol. The third-order valence-corrected chi connectivity index (χ3v) is 4.54. The number of carbonyl (C=O) groups excluding carboxylic acids is 1. The molecule has 7 nitrogen and oxygen atoms in total. The van der Waals surface area contributed by atoms with E-state index in [1.54, 1.807) is 6.07 Å². The molecule has 0 radical (unpaired) electrons. The Balaban J connectivity index is 2.16. The van der Waals surface area contributed by atoms with Crippen molar-refractivity contribution in [3.05, 3.63) is 34.8 Å². The highest BCUT2D eigenvalue weighted by Gasteiger charge is 2.17. The summed E-state index contributed by atoms with van der Waals surface area (Å²) in [6, 6.07) is 4.47. The molecule has 0 saturated heterocycles. The number of nitrogens with zero attached hydrogens (tertiary/aromatic N) is 2. The van der Waals surface area contributed by atoms with Crippen molar-refractivity contribution in [1.82, 2.24) is 14.9 Å². The van der Waals surface area contributed by atoms with Crippen LogP contribution in [-0.4, -0.2) is 31.0 Å². The number of carbonyl (C=O) groups is 1. The summed E-state index contributed by atoms with van der Waals surface area (Å²) in [6.45, 7) is 0.139. The predicted octanol–water partition coefficient (Wildman–Crippen LogP) is 1.40. The van der Waals surface area contributed by atoms with Crippen molar-refractivity contribution in [3.8, 4) is 5.75 Å². The van der Waals surface area contributed by atoms with Crippen LogP contribution in [0.25, 0.3) is 0 Å². The maximum absolute atomic E-state index is 11.7. The fourth-order valence-corrected chi connectivity index (χ4v) is 3.04. The number of aromatic nitrogens is 2. The molecule has 2 rings (SSSR count). The monoisotopic (exact) mass is 347 g/mol. The Morgan fingerprint density at radius 3 is 2.81 bits per heavy atom. The van der Waals surface area contributed by atoms with E-state index in [2.05, 4.69) is 14.9 Å². The molecule has 10 heteroatoms. The quantitative estimate of drug-likeness (QED) is 0.821. The van der Waals surface area contributed by atoms with Crippen molar-refractivity contribution in [3.63, 3.8) is 0 Å². The van der Waals surface area contributed by atoms with Crippen LogP contribution in [0.3, 0.4) is 0 Å². The van der Waals surface area contributed by atoms with Crippen LogP contribution in [0.4, 0.5) is 0 Å². The fourth-order valence-electron chi connectivity index (χ4n) is 1.56. The van der Waals surface area contributed by atoms with Gasteiger partial charge in [-0.2, -0.15) is 0 Å². The molecule has 1 heterocycles. The lowest BCUT2D eigenvalue weighted by Crippen LogP contribution is -2.21. The molecular formula is C11H10ClN3O4S2. The molecule has 0 bridgehead atoms. The number of ether oxygens (including phenoxy) is 1. The number of halogens is 1. The van der Waals surface area contributed by atoms with Crippen molar-refractivity contribution < 1.29 is 17.9 Å². The first kappa shape index (κ1) is 15.7. The molecule has 0 aliphatic rings. The average molecular weight is 348 g/mol. The molecule has 112 valence electrons. The Kier molecular flexibility index (Phi) is 4.76. The van der Waals surface area contributed by atoms with Crippen LogP contribution in [0.5, 0.6) is 5.75 Å². The zero-order valence-corrected chi connectivity index (χ0v) is 13.1. The Bertz CT molecular complexity index is 747. The molecule has 1 N–H and O–H groups in total. The molecule has 2 aromatic rings. The van der Waals surface area contributed by atoms with Crippen molar-refractivity contribution in [2.75, 3.05) is 7.11 Å². The van der Waals surface area contributed by atoms with Crippen LogP contribution in [0, 0.1) is 0 Å². The normalized spacial score (nSPS) is 11.1.